The quantitative estimate of drug-likeness (QED) is 0.244. The topological polar surface area (TPSA) is 108 Å². The highest BCUT2D eigenvalue weighted by atomic mass is 19.1. The van der Waals surface area contributed by atoms with Crippen molar-refractivity contribution in [2.75, 3.05) is 29.9 Å². The normalized spacial score (nSPS) is 15.3. The lowest BCUT2D eigenvalue weighted by atomic mass is 9.92. The van der Waals surface area contributed by atoms with Crippen LogP contribution in [0.4, 0.5) is 21.6 Å². The van der Waals surface area contributed by atoms with E-state index < -0.39 is 5.82 Å². The first-order valence-electron chi connectivity index (χ1n) is 16.0. The van der Waals surface area contributed by atoms with Crippen LogP contribution in [0.25, 0.3) is 11.3 Å². The van der Waals surface area contributed by atoms with Gasteiger partial charge in [0.15, 0.2) is 0 Å². The molecule has 0 radical (unpaired) electrons. The Bertz CT molecular complexity index is 2060. The molecular formula is C38H37FN6O3. The Morgan fingerprint density at radius 2 is 1.71 bits per heavy atom. The molecule has 2 aliphatic heterocycles. The van der Waals surface area contributed by atoms with Crippen molar-refractivity contribution in [2.24, 2.45) is 12.8 Å². The lowest BCUT2D eigenvalue weighted by Gasteiger charge is -2.36. The predicted octanol–water partition coefficient (Wildman–Crippen LogP) is 5.74. The minimum Gasteiger partial charge on any atom is -0.508 e. The molecule has 0 saturated carbocycles. The van der Waals surface area contributed by atoms with Crippen LogP contribution in [0.1, 0.15) is 43.1 Å². The number of likely N-dealkylation sites (N-methyl/N-ethyl adjacent to an activating group) is 1. The average molecular weight is 645 g/mol. The third-order valence-corrected chi connectivity index (χ3v) is 9.72. The molecule has 2 aliphatic rings. The van der Waals surface area contributed by atoms with E-state index in [1.807, 2.05) is 42.8 Å². The molecule has 0 fully saturated rings. The predicted molar refractivity (Wildman–Crippen MR) is 184 cm³/mol. The number of fused-ring (bicyclic) bond motifs is 2. The minimum absolute atomic E-state index is 0.0791. The van der Waals surface area contributed by atoms with E-state index in [0.717, 1.165) is 29.9 Å². The molecule has 0 bridgehead atoms. The molecule has 9 nitrogen and oxygen atoms in total. The van der Waals surface area contributed by atoms with E-state index >= 15 is 0 Å². The number of aromatic nitrogens is 2. The van der Waals surface area contributed by atoms with Gasteiger partial charge >= 0.3 is 0 Å². The number of aromatic hydroxyl groups is 1. The second-order valence-electron chi connectivity index (χ2n) is 12.6. The molecule has 2 aromatic heterocycles. The highest BCUT2D eigenvalue weighted by molar-refractivity contribution is 6.12. The van der Waals surface area contributed by atoms with Crippen LogP contribution in [0.2, 0.25) is 0 Å². The zero-order valence-corrected chi connectivity index (χ0v) is 27.2. The highest BCUT2D eigenvalue weighted by Crippen LogP contribution is 2.36. The molecule has 5 aromatic rings. The third kappa shape index (κ3) is 5.37. The van der Waals surface area contributed by atoms with E-state index in [-0.39, 0.29) is 23.6 Å². The summed E-state index contributed by atoms with van der Waals surface area (Å²) in [6.07, 6.45) is 3.12. The first-order valence-corrected chi connectivity index (χ1v) is 16.0. The molecular weight excluding hydrogens is 607 g/mol. The Kier molecular flexibility index (Phi) is 7.96. The van der Waals surface area contributed by atoms with Crippen molar-refractivity contribution in [3.8, 4) is 17.0 Å². The van der Waals surface area contributed by atoms with Crippen molar-refractivity contribution in [2.45, 2.75) is 32.4 Å². The smallest absolute Gasteiger partial charge is 0.264 e. The summed E-state index contributed by atoms with van der Waals surface area (Å²) >= 11 is 0. The van der Waals surface area contributed by atoms with Crippen molar-refractivity contribution in [3.63, 3.8) is 0 Å². The molecule has 0 aliphatic carbocycles. The number of amides is 2. The number of nitrogens with zero attached hydrogens (tertiary/aromatic N) is 5. The maximum Gasteiger partial charge on any atom is 0.264 e. The van der Waals surface area contributed by atoms with Crippen molar-refractivity contribution in [1.29, 1.82) is 0 Å². The number of nitrogens with two attached hydrogens (primary N) is 1. The number of hydrogen-bond donors (Lipinski definition) is 2. The molecule has 3 aromatic carbocycles. The molecule has 2 amide bonds. The number of anilines is 3. The van der Waals surface area contributed by atoms with Crippen LogP contribution in [0.3, 0.4) is 0 Å². The summed E-state index contributed by atoms with van der Waals surface area (Å²) in [5.41, 5.74) is 12.8. The molecule has 244 valence electrons. The minimum atomic E-state index is -0.493. The fourth-order valence-corrected chi connectivity index (χ4v) is 6.92. The summed E-state index contributed by atoms with van der Waals surface area (Å²) in [4.78, 5) is 39.0. The summed E-state index contributed by atoms with van der Waals surface area (Å²) in [7, 11) is 3.79. The SMILES string of the molecule is Cc1c(C(=O)N(c2ccc(O)cc2)c2cnc3c(c2)CCN3C)cc(-c2cc(F)ccc2C(=O)N2Cc3ccccc3C[C@H]2CN)n1C. The zero-order chi connectivity index (χ0) is 33.7. The molecule has 10 heteroatoms. The Morgan fingerprint density at radius 3 is 2.46 bits per heavy atom. The molecule has 0 spiro atoms. The average Bonchev–Trinajstić information content (AvgIpc) is 3.62. The van der Waals surface area contributed by atoms with Crippen LogP contribution in [0, 0.1) is 12.7 Å². The van der Waals surface area contributed by atoms with Crippen molar-refractivity contribution in [1.82, 2.24) is 14.5 Å². The standard InChI is InChI=1S/C38H37FN6O3/c1-23-33(38(48)45(28-9-11-31(46)12-10-28)30-17-25-14-15-42(2)36(25)41-21-30)19-35(43(23)3)34-18-27(39)8-13-32(34)37(47)44-22-26-7-5-4-6-24(26)16-29(44)20-40/h4-13,17-19,21,29,46H,14-16,20,22,40H2,1-3H3/t29-/m0/s1. The largest absolute Gasteiger partial charge is 0.508 e. The molecule has 0 unspecified atom stereocenters. The zero-order valence-electron chi connectivity index (χ0n) is 27.2. The monoisotopic (exact) mass is 644 g/mol. The van der Waals surface area contributed by atoms with Gasteiger partial charge in [0, 0.05) is 68.0 Å². The summed E-state index contributed by atoms with van der Waals surface area (Å²) in [5, 5.41) is 10.0. The van der Waals surface area contributed by atoms with E-state index in [4.69, 9.17) is 5.73 Å². The summed E-state index contributed by atoms with van der Waals surface area (Å²) in [5.74, 6) is -0.106. The van der Waals surface area contributed by atoms with Gasteiger partial charge in [-0.05, 0) is 91.1 Å². The van der Waals surface area contributed by atoms with Crippen LogP contribution in [-0.2, 0) is 26.4 Å². The number of hydrogen-bond acceptors (Lipinski definition) is 6. The second kappa shape index (κ2) is 12.3. The van der Waals surface area contributed by atoms with Gasteiger partial charge in [0.05, 0.1) is 17.4 Å². The van der Waals surface area contributed by atoms with Gasteiger partial charge in [0.25, 0.3) is 11.8 Å². The van der Waals surface area contributed by atoms with Gasteiger partial charge in [-0.25, -0.2) is 9.37 Å². The van der Waals surface area contributed by atoms with Crippen molar-refractivity contribution < 1.29 is 19.1 Å². The molecule has 1 atom stereocenters. The molecule has 3 N–H and O–H groups in total. The number of phenols is 1. The number of halogens is 1. The molecule has 48 heavy (non-hydrogen) atoms. The lowest BCUT2D eigenvalue weighted by Crippen LogP contribution is -2.48. The number of benzene rings is 3. The van der Waals surface area contributed by atoms with E-state index in [1.165, 1.54) is 35.9 Å². The third-order valence-electron chi connectivity index (χ3n) is 9.72. The van der Waals surface area contributed by atoms with Gasteiger partial charge in [-0.1, -0.05) is 24.3 Å². The Labute approximate surface area is 278 Å². The summed E-state index contributed by atoms with van der Waals surface area (Å²) < 4.78 is 16.8. The molecule has 4 heterocycles. The van der Waals surface area contributed by atoms with Gasteiger partial charge in [0.1, 0.15) is 17.4 Å². The van der Waals surface area contributed by atoms with Crippen LogP contribution >= 0.6 is 0 Å². The van der Waals surface area contributed by atoms with Gasteiger partial charge < -0.3 is 25.2 Å². The Morgan fingerprint density at radius 1 is 0.958 bits per heavy atom. The first kappa shape index (κ1) is 31.1. The van der Waals surface area contributed by atoms with Crippen molar-refractivity contribution in [3.05, 3.63) is 124 Å². The van der Waals surface area contributed by atoms with Gasteiger partial charge in [0.2, 0.25) is 0 Å². The lowest BCUT2D eigenvalue weighted by molar-refractivity contribution is 0.0648. The summed E-state index contributed by atoms with van der Waals surface area (Å²) in [6, 6.07) is 22.1. The Hall–Kier alpha value is -5.48. The first-order chi connectivity index (χ1) is 23.1. The van der Waals surface area contributed by atoms with E-state index in [1.54, 1.807) is 41.2 Å². The molecule has 7 rings (SSSR count). The fraction of sp³-hybridized carbons (Fsp3) is 0.237. The van der Waals surface area contributed by atoms with Crippen molar-refractivity contribution >= 4 is 29.0 Å². The van der Waals surface area contributed by atoms with Crippen LogP contribution in [0.5, 0.6) is 5.75 Å². The number of phenolic OH excluding ortho intramolecular Hbond substituents is 1. The van der Waals surface area contributed by atoms with Crippen LogP contribution in [0.15, 0.2) is 85.1 Å². The van der Waals surface area contributed by atoms with Gasteiger partial charge in [-0.3, -0.25) is 14.5 Å². The van der Waals surface area contributed by atoms with Gasteiger partial charge in [-0.15, -0.1) is 0 Å². The van der Waals surface area contributed by atoms with Gasteiger partial charge in [-0.2, -0.15) is 0 Å². The number of carbonyl (C=O) groups is 2. The van der Waals surface area contributed by atoms with E-state index in [9.17, 15) is 19.1 Å². The second-order valence-corrected chi connectivity index (χ2v) is 12.6. The van der Waals surface area contributed by atoms with Crippen LogP contribution in [-0.4, -0.2) is 57.6 Å². The maximum atomic E-state index is 15.0. The highest BCUT2D eigenvalue weighted by Gasteiger charge is 2.32. The number of carbonyl (C=O) groups excluding carboxylic acids is 2. The van der Waals surface area contributed by atoms with E-state index in [0.29, 0.717) is 59.0 Å². The number of rotatable bonds is 6. The maximum absolute atomic E-state index is 15.0. The van der Waals surface area contributed by atoms with Crippen LogP contribution < -0.4 is 15.5 Å². The Balaban J connectivity index is 1.30. The fourth-order valence-electron chi connectivity index (χ4n) is 6.92. The number of pyridine rings is 1. The molecule has 0 saturated heterocycles. The summed E-state index contributed by atoms with van der Waals surface area (Å²) in [6.45, 7) is 3.36. The van der Waals surface area contributed by atoms with E-state index in [2.05, 4.69) is 16.0 Å².